The molecule has 1 unspecified atom stereocenters. The second-order valence-electron chi connectivity index (χ2n) is 22.6. The van der Waals surface area contributed by atoms with Crippen molar-refractivity contribution in [3.05, 3.63) is 149 Å². The molecule has 4 heterocycles. The first-order valence-corrected chi connectivity index (χ1v) is 22.6. The average molecular weight is 799 g/mol. The molecule has 0 bridgehead atoms. The molecule has 6 aromatic carbocycles. The van der Waals surface area contributed by atoms with E-state index in [-0.39, 0.29) is 33.8 Å². The van der Waals surface area contributed by atoms with Crippen LogP contribution in [-0.4, -0.2) is 6.71 Å². The summed E-state index contributed by atoms with van der Waals surface area (Å²) in [5.41, 5.74) is 22.8. The smallest absolute Gasteiger partial charge is 0.297 e. The Hall–Kier alpha value is -5.48. The maximum atomic E-state index is 7.32. The number of hydrogen-bond acceptors (Lipinski definition) is 3. The largest absolute Gasteiger partial charge is 0.468 e. The van der Waals surface area contributed by atoms with Gasteiger partial charge in [0.05, 0.1) is 22.7 Å². The zero-order valence-corrected chi connectivity index (χ0v) is 38.3. The number of furan rings is 1. The van der Waals surface area contributed by atoms with Gasteiger partial charge in [0.15, 0.2) is 0 Å². The van der Waals surface area contributed by atoms with Gasteiger partial charge in [-0.3, -0.25) is 0 Å². The Morgan fingerprint density at radius 1 is 0.541 bits per heavy atom. The van der Waals surface area contributed by atoms with Gasteiger partial charge in [0.25, 0.3) is 6.71 Å². The van der Waals surface area contributed by atoms with Crippen LogP contribution in [0.5, 0.6) is 0 Å². The highest BCUT2D eigenvalue weighted by atomic mass is 16.3. The second kappa shape index (κ2) is 12.3. The van der Waals surface area contributed by atoms with Crippen LogP contribution in [-0.2, 0) is 27.1 Å². The molecule has 0 N–H and O–H groups in total. The third kappa shape index (κ3) is 5.36. The van der Waals surface area contributed by atoms with E-state index >= 15 is 0 Å². The van der Waals surface area contributed by atoms with Gasteiger partial charge in [0, 0.05) is 33.4 Å². The Balaban J connectivity index is 1.31. The molecule has 0 saturated carbocycles. The van der Waals surface area contributed by atoms with Gasteiger partial charge >= 0.3 is 0 Å². The number of rotatable bonds is 2. The Morgan fingerprint density at radius 2 is 1.15 bits per heavy atom. The van der Waals surface area contributed by atoms with E-state index in [4.69, 9.17) is 4.42 Å². The lowest BCUT2D eigenvalue weighted by Gasteiger charge is -2.54. The standard InChI is InChI=1S/C57H59BN2O/c1-53(2,3)35-22-26-43(39(30-35)34-18-14-13-15-19-34)59-45-32-37(55(7,8)9)33-46-49(45)58(52-50(59)38-20-16-17-21-47(38)61-52)42-25-24-40-48-51(42)60(46)44-27-23-36(54(4,5)6)31-41(44)57(48,12)29-28-56(40,10)11/h13-27,30-33H,28-29H2,1-12H3. The summed E-state index contributed by atoms with van der Waals surface area (Å²) in [4.78, 5) is 5.29. The summed E-state index contributed by atoms with van der Waals surface area (Å²) in [5, 5.41) is 1.14. The van der Waals surface area contributed by atoms with Crippen LogP contribution in [0.15, 0.2) is 120 Å². The van der Waals surface area contributed by atoms with Gasteiger partial charge in [-0.1, -0.05) is 156 Å². The number of benzene rings is 6. The maximum absolute atomic E-state index is 7.32. The molecule has 4 heteroatoms. The van der Waals surface area contributed by atoms with E-state index in [9.17, 15) is 0 Å². The second-order valence-corrected chi connectivity index (χ2v) is 22.6. The first-order chi connectivity index (χ1) is 28.8. The SMILES string of the molecule is CC(C)(C)c1ccc(N2c3cc(C(C)(C)C)cc4c3B(c3ccc5c6c3N4c3ccc(C(C)(C)C)cc3C6(C)CCC5(C)C)c3oc4ccccc4c32)c(-c2ccccc2)c1. The summed E-state index contributed by atoms with van der Waals surface area (Å²) in [7, 11) is 0. The van der Waals surface area contributed by atoms with Crippen molar-refractivity contribution in [2.24, 2.45) is 0 Å². The highest BCUT2D eigenvalue weighted by molar-refractivity contribution is 7.00. The summed E-state index contributed by atoms with van der Waals surface area (Å²) in [6, 6.07) is 44.4. The number of anilines is 6. The van der Waals surface area contributed by atoms with E-state index in [1.54, 1.807) is 0 Å². The van der Waals surface area contributed by atoms with Gasteiger partial charge in [0.2, 0.25) is 0 Å². The quantitative estimate of drug-likeness (QED) is 0.162. The molecule has 1 atom stereocenters. The van der Waals surface area contributed by atoms with Gasteiger partial charge < -0.3 is 14.2 Å². The van der Waals surface area contributed by atoms with Crippen molar-refractivity contribution in [3.8, 4) is 11.1 Å². The van der Waals surface area contributed by atoms with E-state index in [0.717, 1.165) is 40.8 Å². The van der Waals surface area contributed by atoms with Crippen LogP contribution in [0, 0.1) is 0 Å². The van der Waals surface area contributed by atoms with Crippen LogP contribution in [0.1, 0.15) is 129 Å². The van der Waals surface area contributed by atoms with Gasteiger partial charge in [-0.2, -0.15) is 0 Å². The summed E-state index contributed by atoms with van der Waals surface area (Å²) in [6.07, 6.45) is 2.26. The maximum Gasteiger partial charge on any atom is 0.297 e. The van der Waals surface area contributed by atoms with Crippen molar-refractivity contribution in [1.82, 2.24) is 0 Å². The summed E-state index contributed by atoms with van der Waals surface area (Å²) in [5.74, 6) is 0. The predicted octanol–water partition coefficient (Wildman–Crippen LogP) is 13.8. The zero-order chi connectivity index (χ0) is 42.8. The number of para-hydroxylation sites is 1. The van der Waals surface area contributed by atoms with Crippen LogP contribution < -0.4 is 26.4 Å². The van der Waals surface area contributed by atoms with E-state index in [1.165, 1.54) is 78.2 Å². The normalized spacial score (nSPS) is 18.5. The van der Waals surface area contributed by atoms with E-state index < -0.39 is 0 Å². The molecule has 306 valence electrons. The minimum Gasteiger partial charge on any atom is -0.468 e. The van der Waals surface area contributed by atoms with Gasteiger partial charge in [-0.15, -0.1) is 0 Å². The van der Waals surface area contributed by atoms with E-state index in [1.807, 2.05) is 0 Å². The first kappa shape index (κ1) is 38.4. The molecule has 1 aromatic heterocycles. The molecule has 0 amide bonds. The van der Waals surface area contributed by atoms with Crippen molar-refractivity contribution >= 4 is 68.4 Å². The van der Waals surface area contributed by atoms with Crippen LogP contribution in [0.25, 0.3) is 22.1 Å². The van der Waals surface area contributed by atoms with Crippen LogP contribution in [0.4, 0.5) is 34.1 Å². The fourth-order valence-corrected chi connectivity index (χ4v) is 11.3. The van der Waals surface area contributed by atoms with E-state index in [0.29, 0.717) is 0 Å². The Morgan fingerprint density at radius 3 is 1.82 bits per heavy atom. The fourth-order valence-electron chi connectivity index (χ4n) is 11.3. The summed E-state index contributed by atoms with van der Waals surface area (Å²) >= 11 is 0. The molecule has 1 aliphatic carbocycles. The molecule has 4 aliphatic rings. The minimum absolute atomic E-state index is 0.0196. The lowest BCUT2D eigenvalue weighted by molar-refractivity contribution is 0.348. The first-order valence-electron chi connectivity index (χ1n) is 22.6. The van der Waals surface area contributed by atoms with Crippen LogP contribution in [0.2, 0.25) is 0 Å². The zero-order valence-electron chi connectivity index (χ0n) is 38.3. The third-order valence-electron chi connectivity index (χ3n) is 15.0. The molecule has 61 heavy (non-hydrogen) atoms. The predicted molar refractivity (Wildman–Crippen MR) is 260 cm³/mol. The molecule has 3 aliphatic heterocycles. The minimum atomic E-state index is -0.137. The van der Waals surface area contributed by atoms with Crippen molar-refractivity contribution in [2.45, 2.75) is 123 Å². The topological polar surface area (TPSA) is 19.6 Å². The van der Waals surface area contributed by atoms with Gasteiger partial charge in [-0.25, -0.2) is 0 Å². The number of fused-ring (bicyclic) bond motifs is 9. The van der Waals surface area contributed by atoms with Crippen LogP contribution >= 0.6 is 0 Å². The van der Waals surface area contributed by atoms with Crippen molar-refractivity contribution in [3.63, 3.8) is 0 Å². The van der Waals surface area contributed by atoms with Gasteiger partial charge in [-0.05, 0) is 127 Å². The number of nitrogens with zero attached hydrogens (tertiary/aromatic N) is 2. The molecule has 11 rings (SSSR count). The molecule has 0 spiro atoms. The summed E-state index contributed by atoms with van der Waals surface area (Å²) < 4.78 is 7.32. The van der Waals surface area contributed by atoms with Crippen LogP contribution in [0.3, 0.4) is 0 Å². The molecule has 0 fully saturated rings. The molecule has 7 aromatic rings. The lowest BCUT2D eigenvalue weighted by Crippen LogP contribution is -2.62. The van der Waals surface area contributed by atoms with Crippen molar-refractivity contribution in [1.29, 1.82) is 0 Å². The average Bonchev–Trinajstić information content (AvgIpc) is 3.60. The Kier molecular flexibility index (Phi) is 7.78. The highest BCUT2D eigenvalue weighted by Gasteiger charge is 2.54. The molecule has 3 nitrogen and oxygen atoms in total. The van der Waals surface area contributed by atoms with E-state index in [2.05, 4.69) is 208 Å². The molecule has 0 saturated heterocycles. The molecular formula is C57H59BN2O. The Bertz CT molecular complexity index is 2980. The highest BCUT2D eigenvalue weighted by Crippen LogP contribution is 2.61. The van der Waals surface area contributed by atoms with Gasteiger partial charge in [0.1, 0.15) is 5.58 Å². The lowest BCUT2D eigenvalue weighted by atomic mass is 9.34. The van der Waals surface area contributed by atoms with Crippen molar-refractivity contribution < 1.29 is 4.42 Å². The molecule has 0 radical (unpaired) electrons. The van der Waals surface area contributed by atoms with Crippen molar-refractivity contribution in [2.75, 3.05) is 9.80 Å². The Labute approximate surface area is 363 Å². The fraction of sp³-hybridized carbons (Fsp3) is 0.333. The third-order valence-corrected chi connectivity index (χ3v) is 15.0. The number of hydrogen-bond donors (Lipinski definition) is 0. The summed E-state index contributed by atoms with van der Waals surface area (Å²) in [6.45, 7) is 28.5. The molecular weight excluding hydrogens is 739 g/mol. The monoisotopic (exact) mass is 798 g/mol.